The second-order valence-electron chi connectivity index (χ2n) is 9.00. The summed E-state index contributed by atoms with van der Waals surface area (Å²) < 4.78 is 0. The van der Waals surface area contributed by atoms with Crippen molar-refractivity contribution in [3.8, 4) is 0 Å². The lowest BCUT2D eigenvalue weighted by Crippen LogP contribution is -2.52. The Labute approximate surface area is 217 Å². The minimum atomic E-state index is -0.541. The molecule has 1 atom stereocenters. The number of hydrogen-bond acceptors (Lipinski definition) is 3. The van der Waals surface area contributed by atoms with Crippen LogP contribution in [0.4, 0.5) is 0 Å². The van der Waals surface area contributed by atoms with Gasteiger partial charge in [-0.3, -0.25) is 9.59 Å². The number of carbonyl (C=O) groups excluding carboxylic acids is 2. The molecule has 2 aromatic rings. The molecule has 0 aromatic heterocycles. The number of hydrogen-bond donors (Lipinski definition) is 1. The lowest BCUT2D eigenvalue weighted by molar-refractivity contribution is -0.139. The summed E-state index contributed by atoms with van der Waals surface area (Å²) in [7, 11) is 0. The molecule has 1 saturated carbocycles. The molecule has 7 heteroatoms. The zero-order valence-corrected chi connectivity index (χ0v) is 22.3. The highest BCUT2D eigenvalue weighted by molar-refractivity contribution is 7.99. The van der Waals surface area contributed by atoms with Crippen molar-refractivity contribution in [2.45, 2.75) is 76.8 Å². The molecule has 0 radical (unpaired) electrons. The van der Waals surface area contributed by atoms with Gasteiger partial charge in [0.1, 0.15) is 6.04 Å². The van der Waals surface area contributed by atoms with Gasteiger partial charge in [0.25, 0.3) is 0 Å². The van der Waals surface area contributed by atoms with Crippen LogP contribution in [0.2, 0.25) is 10.0 Å². The van der Waals surface area contributed by atoms with Crippen LogP contribution < -0.4 is 5.32 Å². The molecule has 1 N–H and O–H groups in total. The minimum Gasteiger partial charge on any atom is -0.352 e. The highest BCUT2D eigenvalue weighted by Gasteiger charge is 2.30. The van der Waals surface area contributed by atoms with E-state index in [1.807, 2.05) is 13.0 Å². The molecule has 34 heavy (non-hydrogen) atoms. The van der Waals surface area contributed by atoms with Gasteiger partial charge in [-0.1, -0.05) is 85.3 Å². The number of amides is 2. The summed E-state index contributed by atoms with van der Waals surface area (Å²) >= 11 is 14.1. The van der Waals surface area contributed by atoms with E-state index in [0.29, 0.717) is 22.2 Å². The molecule has 2 aromatic carbocycles. The van der Waals surface area contributed by atoms with Crippen molar-refractivity contribution in [3.05, 3.63) is 69.2 Å². The van der Waals surface area contributed by atoms with Crippen LogP contribution in [0.1, 0.15) is 62.1 Å². The standard InChI is InChI=1S/C27H34Cl2N2O2S/c1-3-25(27(33)30-23-7-5-4-6-8-23)31(16-21-13-14-22(28)15-24(21)29)26(32)18-34-17-20-11-9-19(2)10-12-20/h9-15,23,25H,3-8,16-18H2,1-2H3,(H,30,33). The monoisotopic (exact) mass is 520 g/mol. The number of benzene rings is 2. The Balaban J connectivity index is 1.72. The normalized spacial score (nSPS) is 15.1. The summed E-state index contributed by atoms with van der Waals surface area (Å²) in [4.78, 5) is 28.4. The van der Waals surface area contributed by atoms with Gasteiger partial charge in [-0.25, -0.2) is 0 Å². The maximum absolute atomic E-state index is 13.4. The Kier molecular flexibility index (Phi) is 10.6. The largest absolute Gasteiger partial charge is 0.352 e. The highest BCUT2D eigenvalue weighted by Crippen LogP contribution is 2.25. The number of nitrogens with one attached hydrogen (secondary N) is 1. The molecule has 0 saturated heterocycles. The second-order valence-corrected chi connectivity index (χ2v) is 10.8. The fraction of sp³-hybridized carbons (Fsp3) is 0.481. The third-order valence-electron chi connectivity index (χ3n) is 6.31. The second kappa shape index (κ2) is 13.4. The molecule has 4 nitrogen and oxygen atoms in total. The van der Waals surface area contributed by atoms with Gasteiger partial charge in [-0.2, -0.15) is 0 Å². The van der Waals surface area contributed by atoms with Crippen molar-refractivity contribution in [3.63, 3.8) is 0 Å². The van der Waals surface area contributed by atoms with Crippen molar-refractivity contribution in [2.75, 3.05) is 5.75 Å². The van der Waals surface area contributed by atoms with Crippen LogP contribution in [0, 0.1) is 6.92 Å². The fourth-order valence-electron chi connectivity index (χ4n) is 4.32. The molecular weight excluding hydrogens is 487 g/mol. The van der Waals surface area contributed by atoms with Crippen LogP contribution in [-0.2, 0) is 21.9 Å². The summed E-state index contributed by atoms with van der Waals surface area (Å²) in [6.45, 7) is 4.29. The number of thioether (sulfide) groups is 1. The van der Waals surface area contributed by atoms with Crippen molar-refractivity contribution in [1.29, 1.82) is 0 Å². The first-order valence-electron chi connectivity index (χ1n) is 12.0. The quantitative estimate of drug-likeness (QED) is 0.375. The lowest BCUT2D eigenvalue weighted by Gasteiger charge is -2.33. The predicted octanol–water partition coefficient (Wildman–Crippen LogP) is 6.79. The number of nitrogens with zero attached hydrogens (tertiary/aromatic N) is 1. The van der Waals surface area contributed by atoms with Gasteiger partial charge >= 0.3 is 0 Å². The van der Waals surface area contributed by atoms with E-state index in [0.717, 1.165) is 37.0 Å². The van der Waals surface area contributed by atoms with Gasteiger partial charge in [-0.05, 0) is 49.4 Å². The van der Waals surface area contributed by atoms with Gasteiger partial charge < -0.3 is 10.2 Å². The third-order valence-corrected chi connectivity index (χ3v) is 7.88. The Morgan fingerprint density at radius 1 is 1.09 bits per heavy atom. The maximum atomic E-state index is 13.4. The fourth-order valence-corrected chi connectivity index (χ4v) is 5.66. The molecule has 1 unspecified atom stereocenters. The molecule has 2 amide bonds. The number of halogens is 2. The van der Waals surface area contributed by atoms with Crippen LogP contribution in [0.5, 0.6) is 0 Å². The van der Waals surface area contributed by atoms with Crippen LogP contribution in [-0.4, -0.2) is 34.6 Å². The lowest BCUT2D eigenvalue weighted by atomic mass is 9.95. The van der Waals surface area contributed by atoms with E-state index < -0.39 is 6.04 Å². The highest BCUT2D eigenvalue weighted by atomic mass is 35.5. The number of carbonyl (C=O) groups is 2. The van der Waals surface area contributed by atoms with Crippen LogP contribution in [0.15, 0.2) is 42.5 Å². The molecule has 184 valence electrons. The molecule has 3 rings (SSSR count). The molecule has 0 aliphatic heterocycles. The van der Waals surface area contributed by atoms with Crippen molar-refractivity contribution in [1.82, 2.24) is 10.2 Å². The number of rotatable bonds is 10. The molecular formula is C27H34Cl2N2O2S. The summed E-state index contributed by atoms with van der Waals surface area (Å²) in [5.41, 5.74) is 3.18. The average Bonchev–Trinajstić information content (AvgIpc) is 2.82. The molecule has 0 bridgehead atoms. The SMILES string of the molecule is CCC(C(=O)NC1CCCCC1)N(Cc1ccc(Cl)cc1Cl)C(=O)CSCc1ccc(C)cc1. The first-order valence-corrected chi connectivity index (χ1v) is 14.0. The topological polar surface area (TPSA) is 49.4 Å². The summed E-state index contributed by atoms with van der Waals surface area (Å²) in [5.74, 6) is 0.906. The maximum Gasteiger partial charge on any atom is 0.243 e. The van der Waals surface area contributed by atoms with Crippen LogP contribution in [0.25, 0.3) is 0 Å². The van der Waals surface area contributed by atoms with Crippen molar-refractivity contribution >= 4 is 46.8 Å². The summed E-state index contributed by atoms with van der Waals surface area (Å²) in [5, 5.41) is 4.25. The first-order chi connectivity index (χ1) is 16.4. The average molecular weight is 522 g/mol. The Morgan fingerprint density at radius 3 is 2.44 bits per heavy atom. The van der Waals surface area contributed by atoms with Crippen molar-refractivity contribution < 1.29 is 9.59 Å². The van der Waals surface area contributed by atoms with Gasteiger partial charge in [0.2, 0.25) is 11.8 Å². The van der Waals surface area contributed by atoms with Gasteiger partial charge in [0.05, 0.1) is 5.75 Å². The van der Waals surface area contributed by atoms with E-state index in [1.165, 1.54) is 17.5 Å². The molecule has 1 aliphatic carbocycles. The van der Waals surface area contributed by atoms with E-state index in [1.54, 1.807) is 28.8 Å². The van der Waals surface area contributed by atoms with Crippen LogP contribution in [0.3, 0.4) is 0 Å². The molecule has 1 aliphatic rings. The Bertz CT molecular complexity index is 962. The number of aryl methyl sites for hydroxylation is 1. The van der Waals surface area contributed by atoms with Gasteiger partial charge in [0.15, 0.2) is 0 Å². The predicted molar refractivity (Wildman–Crippen MR) is 143 cm³/mol. The van der Waals surface area contributed by atoms with Crippen LogP contribution >= 0.6 is 35.0 Å². The van der Waals surface area contributed by atoms with Gasteiger partial charge in [-0.15, -0.1) is 11.8 Å². The van der Waals surface area contributed by atoms with Crippen molar-refractivity contribution in [2.24, 2.45) is 0 Å². The molecule has 0 heterocycles. The first kappa shape index (κ1) is 26.9. The van der Waals surface area contributed by atoms with E-state index in [2.05, 4.69) is 36.5 Å². The Hall–Kier alpha value is -1.69. The third kappa shape index (κ3) is 7.93. The van der Waals surface area contributed by atoms with E-state index in [4.69, 9.17) is 23.2 Å². The van der Waals surface area contributed by atoms with E-state index in [-0.39, 0.29) is 24.4 Å². The minimum absolute atomic E-state index is 0.0613. The van der Waals surface area contributed by atoms with E-state index >= 15 is 0 Å². The van der Waals surface area contributed by atoms with Gasteiger partial charge in [0, 0.05) is 28.4 Å². The molecule has 0 spiro atoms. The zero-order valence-electron chi connectivity index (χ0n) is 20.0. The zero-order chi connectivity index (χ0) is 24.5. The summed E-state index contributed by atoms with van der Waals surface area (Å²) in [6.07, 6.45) is 6.05. The smallest absolute Gasteiger partial charge is 0.243 e. The Morgan fingerprint density at radius 2 is 1.79 bits per heavy atom. The van der Waals surface area contributed by atoms with E-state index in [9.17, 15) is 9.59 Å². The summed E-state index contributed by atoms with van der Waals surface area (Å²) in [6, 6.07) is 13.3. The molecule has 1 fully saturated rings.